The van der Waals surface area contributed by atoms with Crippen LogP contribution in [-0.4, -0.2) is 9.97 Å². The molecule has 0 fully saturated rings. The highest BCUT2D eigenvalue weighted by Crippen LogP contribution is 2.18. The minimum Gasteiger partial charge on any atom is -0.337 e. The van der Waals surface area contributed by atoms with Gasteiger partial charge in [-0.2, -0.15) is 5.26 Å². The van der Waals surface area contributed by atoms with Crippen LogP contribution in [0.5, 0.6) is 0 Å². The summed E-state index contributed by atoms with van der Waals surface area (Å²) < 4.78 is 1.95. The van der Waals surface area contributed by atoms with E-state index in [9.17, 15) is 5.26 Å². The van der Waals surface area contributed by atoms with Crippen LogP contribution in [0.2, 0.25) is 0 Å². The Kier molecular flexibility index (Phi) is 3.02. The van der Waals surface area contributed by atoms with Crippen molar-refractivity contribution in [1.82, 2.24) is 9.97 Å². The maximum atomic E-state index is 9.34. The number of allylic oxidation sites excluding steroid dienone is 1. The fourth-order valence-corrected chi connectivity index (χ4v) is 2.01. The summed E-state index contributed by atoms with van der Waals surface area (Å²) in [7, 11) is 1.96. The summed E-state index contributed by atoms with van der Waals surface area (Å²) in [4.78, 5) is 7.62. The molecule has 2 heterocycles. The molecule has 0 saturated heterocycles. The maximum Gasteiger partial charge on any atom is 0.169 e. The number of fused-ring (bicyclic) bond motifs is 1. The van der Waals surface area contributed by atoms with E-state index in [1.165, 1.54) is 0 Å². The third-order valence-corrected chi connectivity index (χ3v) is 3.08. The van der Waals surface area contributed by atoms with Crippen molar-refractivity contribution in [1.29, 1.82) is 5.26 Å². The number of nitriles is 1. The number of nitrogens with zero attached hydrogens (tertiary/aromatic N) is 3. The molecule has 0 unspecified atom stereocenters. The molecule has 0 aliphatic carbocycles. The normalized spacial score (nSPS) is 11.5. The molecule has 20 heavy (non-hydrogen) atoms. The van der Waals surface area contributed by atoms with Crippen molar-refractivity contribution in [2.24, 2.45) is 7.05 Å². The molecule has 0 atom stereocenters. The van der Waals surface area contributed by atoms with Gasteiger partial charge in [0.2, 0.25) is 0 Å². The van der Waals surface area contributed by atoms with E-state index in [0.717, 1.165) is 16.6 Å². The highest BCUT2D eigenvalue weighted by molar-refractivity contribution is 5.90. The molecule has 0 aliphatic heterocycles. The summed E-state index contributed by atoms with van der Waals surface area (Å²) in [6.45, 7) is 0. The van der Waals surface area contributed by atoms with Crippen molar-refractivity contribution >= 4 is 22.7 Å². The zero-order valence-corrected chi connectivity index (χ0v) is 11.0. The quantitative estimate of drug-likeness (QED) is 0.569. The number of benzene rings is 1. The molecule has 0 saturated carbocycles. The van der Waals surface area contributed by atoms with Gasteiger partial charge in [-0.15, -0.1) is 0 Å². The van der Waals surface area contributed by atoms with E-state index in [1.807, 2.05) is 66.5 Å². The van der Waals surface area contributed by atoms with Gasteiger partial charge in [-0.25, -0.2) is 9.55 Å². The van der Waals surface area contributed by atoms with E-state index < -0.39 is 0 Å². The predicted molar refractivity (Wildman–Crippen MR) is 77.2 cm³/mol. The van der Waals surface area contributed by atoms with Crippen LogP contribution in [0.25, 0.3) is 22.7 Å². The smallest absolute Gasteiger partial charge is 0.169 e. The topological polar surface area (TPSA) is 56.4 Å². The van der Waals surface area contributed by atoms with Crippen LogP contribution in [0.4, 0.5) is 0 Å². The summed E-state index contributed by atoms with van der Waals surface area (Å²) in [6.07, 6.45) is 5.72. The first-order valence-electron chi connectivity index (χ1n) is 6.28. The van der Waals surface area contributed by atoms with Crippen molar-refractivity contribution in [2.45, 2.75) is 0 Å². The van der Waals surface area contributed by atoms with E-state index >= 15 is 0 Å². The third kappa shape index (κ3) is 2.29. The summed E-state index contributed by atoms with van der Waals surface area (Å²) >= 11 is 0. The summed E-state index contributed by atoms with van der Waals surface area (Å²) in [6, 6.07) is 13.9. The van der Waals surface area contributed by atoms with Crippen molar-refractivity contribution < 1.29 is 4.57 Å². The molecule has 3 aromatic rings. The number of hydrogen-bond acceptors (Lipinski definition) is 2. The fourth-order valence-electron chi connectivity index (χ4n) is 2.01. The Morgan fingerprint density at radius 2 is 2.00 bits per heavy atom. The number of aromatic amines is 1. The summed E-state index contributed by atoms with van der Waals surface area (Å²) in [5.41, 5.74) is 3.29. The number of H-pyrrole nitrogens is 1. The van der Waals surface area contributed by atoms with Gasteiger partial charge < -0.3 is 4.98 Å². The average Bonchev–Trinajstić information content (AvgIpc) is 2.90. The number of hydrogen-bond donors (Lipinski definition) is 1. The standard InChI is InChI=1S/C16H12N4/c1-20-8-6-12(7-9-20)10-13(11-17)16-18-14-4-2-3-5-15(14)19-16/h2-10H,1H3/p+1. The second kappa shape index (κ2) is 4.98. The molecule has 4 nitrogen and oxygen atoms in total. The van der Waals surface area contributed by atoms with Gasteiger partial charge in [0, 0.05) is 12.1 Å². The van der Waals surface area contributed by atoms with E-state index in [0.29, 0.717) is 11.4 Å². The van der Waals surface area contributed by atoms with Gasteiger partial charge in [-0.3, -0.25) is 0 Å². The summed E-state index contributed by atoms with van der Waals surface area (Å²) in [5, 5.41) is 9.34. The minimum atomic E-state index is 0.523. The molecule has 0 aliphatic rings. The van der Waals surface area contributed by atoms with Gasteiger partial charge in [0.1, 0.15) is 18.9 Å². The number of rotatable bonds is 2. The molecule has 3 rings (SSSR count). The molecular weight excluding hydrogens is 248 g/mol. The second-order valence-electron chi connectivity index (χ2n) is 4.57. The Morgan fingerprint density at radius 1 is 1.25 bits per heavy atom. The zero-order valence-electron chi connectivity index (χ0n) is 11.0. The molecule has 0 spiro atoms. The van der Waals surface area contributed by atoms with Crippen molar-refractivity contribution in [3.63, 3.8) is 0 Å². The third-order valence-electron chi connectivity index (χ3n) is 3.08. The molecule has 2 aromatic heterocycles. The van der Waals surface area contributed by atoms with E-state index in [4.69, 9.17) is 0 Å². The Labute approximate surface area is 116 Å². The highest BCUT2D eigenvalue weighted by atomic mass is 14.9. The number of imidazole rings is 1. The highest BCUT2D eigenvalue weighted by Gasteiger charge is 2.07. The van der Waals surface area contributed by atoms with Gasteiger partial charge >= 0.3 is 0 Å². The Balaban J connectivity index is 2.05. The Morgan fingerprint density at radius 3 is 2.70 bits per heavy atom. The fraction of sp³-hybridized carbons (Fsp3) is 0.0625. The van der Waals surface area contributed by atoms with Gasteiger partial charge in [-0.05, 0) is 23.8 Å². The monoisotopic (exact) mass is 261 g/mol. The number of para-hydroxylation sites is 2. The van der Waals surface area contributed by atoms with Gasteiger partial charge in [-0.1, -0.05) is 12.1 Å². The first-order valence-corrected chi connectivity index (χ1v) is 6.28. The van der Waals surface area contributed by atoms with Gasteiger partial charge in [0.15, 0.2) is 12.4 Å². The van der Waals surface area contributed by atoms with Gasteiger partial charge in [0.05, 0.1) is 16.6 Å². The lowest BCUT2D eigenvalue weighted by Crippen LogP contribution is -2.25. The van der Waals surface area contributed by atoms with Crippen LogP contribution in [0.15, 0.2) is 48.8 Å². The van der Waals surface area contributed by atoms with Gasteiger partial charge in [0.25, 0.3) is 0 Å². The van der Waals surface area contributed by atoms with Crippen molar-refractivity contribution in [2.75, 3.05) is 0 Å². The van der Waals surface area contributed by atoms with Crippen LogP contribution in [-0.2, 0) is 7.05 Å². The molecule has 0 bridgehead atoms. The largest absolute Gasteiger partial charge is 0.337 e. The number of aryl methyl sites for hydroxylation is 1. The second-order valence-corrected chi connectivity index (χ2v) is 4.57. The molecule has 1 N–H and O–H groups in total. The van der Waals surface area contributed by atoms with E-state index in [-0.39, 0.29) is 0 Å². The summed E-state index contributed by atoms with van der Waals surface area (Å²) in [5.74, 6) is 0.599. The first-order chi connectivity index (χ1) is 9.76. The molecule has 4 heteroatoms. The minimum absolute atomic E-state index is 0.523. The van der Waals surface area contributed by atoms with Crippen LogP contribution < -0.4 is 4.57 Å². The van der Waals surface area contributed by atoms with Crippen molar-refractivity contribution in [3.8, 4) is 6.07 Å². The van der Waals surface area contributed by atoms with E-state index in [2.05, 4.69) is 16.0 Å². The molecule has 0 radical (unpaired) electrons. The predicted octanol–water partition coefficient (Wildman–Crippen LogP) is 2.45. The molecule has 0 amide bonds. The molecule has 1 aromatic carbocycles. The lowest BCUT2D eigenvalue weighted by atomic mass is 10.1. The van der Waals surface area contributed by atoms with Crippen LogP contribution in [0.3, 0.4) is 0 Å². The zero-order chi connectivity index (χ0) is 13.9. The number of nitrogens with one attached hydrogen (secondary N) is 1. The number of aromatic nitrogens is 3. The molecule has 96 valence electrons. The lowest BCUT2D eigenvalue weighted by Gasteiger charge is -1.94. The average molecular weight is 261 g/mol. The maximum absolute atomic E-state index is 9.34. The van der Waals surface area contributed by atoms with Crippen LogP contribution >= 0.6 is 0 Å². The van der Waals surface area contributed by atoms with Crippen LogP contribution in [0.1, 0.15) is 11.4 Å². The first kappa shape index (κ1) is 12.1. The SMILES string of the molecule is C[n+]1ccc(C=C(C#N)c2nc3ccccc3[nH]2)cc1. The van der Waals surface area contributed by atoms with Crippen molar-refractivity contribution in [3.05, 3.63) is 60.2 Å². The molecular formula is C16H13N4+. The van der Waals surface area contributed by atoms with E-state index in [1.54, 1.807) is 0 Å². The number of pyridine rings is 1. The Bertz CT molecular complexity index is 787. The van der Waals surface area contributed by atoms with Crippen LogP contribution in [0, 0.1) is 11.3 Å². The Hall–Kier alpha value is -2.93. The lowest BCUT2D eigenvalue weighted by molar-refractivity contribution is -0.671.